The van der Waals surface area contributed by atoms with Crippen molar-refractivity contribution in [2.24, 2.45) is 11.3 Å². The summed E-state index contributed by atoms with van der Waals surface area (Å²) in [6.45, 7) is 2.81. The zero-order chi connectivity index (χ0) is 15.6. The fraction of sp³-hybridized carbons (Fsp3) is 0.722. The van der Waals surface area contributed by atoms with Gasteiger partial charge >= 0.3 is 5.97 Å². The van der Waals surface area contributed by atoms with Gasteiger partial charge in [-0.2, -0.15) is 0 Å². The molecule has 0 spiro atoms. The largest absolute Gasteiger partial charge is 0.481 e. The first kappa shape index (κ1) is 18.0. The molecule has 0 radical (unpaired) electrons. The van der Waals surface area contributed by atoms with Crippen molar-refractivity contribution in [2.75, 3.05) is 13.7 Å². The first-order valence-corrected chi connectivity index (χ1v) is 8.25. The maximum atomic E-state index is 11.9. The molecule has 0 aliphatic heterocycles. The molecule has 0 aromatic heterocycles. The van der Waals surface area contributed by atoms with Gasteiger partial charge in [-0.3, -0.25) is 4.79 Å². The maximum absolute atomic E-state index is 11.9. The van der Waals surface area contributed by atoms with Crippen LogP contribution in [0.25, 0.3) is 0 Å². The summed E-state index contributed by atoms with van der Waals surface area (Å²) in [5, 5.41) is 9.77. The minimum absolute atomic E-state index is 0.0376. The topological polar surface area (TPSA) is 46.5 Å². The smallest absolute Gasteiger partial charge is 0.314 e. The fourth-order valence-corrected chi connectivity index (χ4v) is 3.12. The zero-order valence-electron chi connectivity index (χ0n) is 13.5. The molecule has 0 aromatic carbocycles. The molecule has 2 unspecified atom stereocenters. The standard InChI is InChI=1S/C18H30O3/c1-3-4-5-6-7-9-13-18(17(19)20)14-10-8-11-16(18)12-15-21-2/h8,10-11,14,16H,3-7,9,12-13,15H2,1-2H3,(H,19,20). The first-order chi connectivity index (χ1) is 10.2. The zero-order valence-corrected chi connectivity index (χ0v) is 13.5. The van der Waals surface area contributed by atoms with E-state index in [0.29, 0.717) is 6.61 Å². The number of carbonyl (C=O) groups is 1. The van der Waals surface area contributed by atoms with Gasteiger partial charge < -0.3 is 9.84 Å². The Morgan fingerprint density at radius 1 is 1.19 bits per heavy atom. The number of ether oxygens (including phenoxy) is 1. The Morgan fingerprint density at radius 3 is 2.57 bits per heavy atom. The highest BCUT2D eigenvalue weighted by Crippen LogP contribution is 2.41. The number of allylic oxidation sites excluding steroid dienone is 3. The van der Waals surface area contributed by atoms with Crippen LogP contribution in [0.3, 0.4) is 0 Å². The Balaban J connectivity index is 2.57. The van der Waals surface area contributed by atoms with Crippen molar-refractivity contribution in [1.29, 1.82) is 0 Å². The number of hydrogen-bond donors (Lipinski definition) is 1. The van der Waals surface area contributed by atoms with Crippen LogP contribution in [-0.4, -0.2) is 24.8 Å². The predicted octanol–water partition coefficient (Wildman–Crippen LogP) is 4.59. The van der Waals surface area contributed by atoms with E-state index in [2.05, 4.69) is 6.92 Å². The molecule has 0 heterocycles. The summed E-state index contributed by atoms with van der Waals surface area (Å²) in [4.78, 5) is 11.9. The van der Waals surface area contributed by atoms with E-state index in [0.717, 1.165) is 25.7 Å². The molecule has 0 saturated heterocycles. The second-order valence-electron chi connectivity index (χ2n) is 6.00. The van der Waals surface area contributed by atoms with Gasteiger partial charge in [0.2, 0.25) is 0 Å². The number of rotatable bonds is 11. The van der Waals surface area contributed by atoms with Gasteiger partial charge in [-0.05, 0) is 18.8 Å². The van der Waals surface area contributed by atoms with Crippen molar-refractivity contribution >= 4 is 5.97 Å². The van der Waals surface area contributed by atoms with Gasteiger partial charge in [0.15, 0.2) is 0 Å². The summed E-state index contributed by atoms with van der Waals surface area (Å²) >= 11 is 0. The van der Waals surface area contributed by atoms with Gasteiger partial charge in [-0.1, -0.05) is 69.8 Å². The van der Waals surface area contributed by atoms with Crippen molar-refractivity contribution in [3.63, 3.8) is 0 Å². The van der Waals surface area contributed by atoms with Crippen LogP contribution in [0.2, 0.25) is 0 Å². The highest BCUT2D eigenvalue weighted by molar-refractivity contribution is 5.78. The lowest BCUT2D eigenvalue weighted by Gasteiger charge is -2.35. The highest BCUT2D eigenvalue weighted by Gasteiger charge is 2.42. The number of unbranched alkanes of at least 4 members (excludes halogenated alkanes) is 5. The average Bonchev–Trinajstić information content (AvgIpc) is 2.49. The van der Waals surface area contributed by atoms with Crippen LogP contribution in [-0.2, 0) is 9.53 Å². The van der Waals surface area contributed by atoms with E-state index in [4.69, 9.17) is 4.74 Å². The Kier molecular flexibility index (Phi) is 8.36. The number of methoxy groups -OCH3 is 1. The fourth-order valence-electron chi connectivity index (χ4n) is 3.12. The van der Waals surface area contributed by atoms with Crippen molar-refractivity contribution in [2.45, 2.75) is 58.3 Å². The van der Waals surface area contributed by atoms with Gasteiger partial charge in [0.25, 0.3) is 0 Å². The Bertz CT molecular complexity index is 359. The predicted molar refractivity (Wildman–Crippen MR) is 86.3 cm³/mol. The normalized spacial score (nSPS) is 24.4. The Labute approximate surface area is 129 Å². The average molecular weight is 294 g/mol. The molecule has 0 bridgehead atoms. The van der Waals surface area contributed by atoms with Crippen LogP contribution in [0.4, 0.5) is 0 Å². The van der Waals surface area contributed by atoms with Crippen LogP contribution in [0, 0.1) is 11.3 Å². The van der Waals surface area contributed by atoms with Gasteiger partial charge in [0.05, 0.1) is 5.41 Å². The van der Waals surface area contributed by atoms with Crippen LogP contribution >= 0.6 is 0 Å². The molecular weight excluding hydrogens is 264 g/mol. The lowest BCUT2D eigenvalue weighted by molar-refractivity contribution is -0.149. The quantitative estimate of drug-likeness (QED) is 0.567. The van der Waals surface area contributed by atoms with Crippen molar-refractivity contribution in [3.8, 4) is 0 Å². The van der Waals surface area contributed by atoms with E-state index in [9.17, 15) is 9.90 Å². The number of carboxylic acids is 1. The molecule has 1 aliphatic carbocycles. The van der Waals surface area contributed by atoms with Gasteiger partial charge in [0.1, 0.15) is 0 Å². The molecule has 120 valence electrons. The lowest BCUT2D eigenvalue weighted by Crippen LogP contribution is -2.38. The Morgan fingerprint density at radius 2 is 1.90 bits per heavy atom. The number of carboxylic acid groups (broad SMARTS) is 1. The molecule has 0 aromatic rings. The molecule has 1 N–H and O–H groups in total. The molecular formula is C18H30O3. The van der Waals surface area contributed by atoms with E-state index in [1.807, 2.05) is 24.3 Å². The molecule has 1 rings (SSSR count). The molecule has 21 heavy (non-hydrogen) atoms. The minimum Gasteiger partial charge on any atom is -0.481 e. The van der Waals surface area contributed by atoms with Gasteiger partial charge in [0, 0.05) is 13.7 Å². The van der Waals surface area contributed by atoms with E-state index >= 15 is 0 Å². The van der Waals surface area contributed by atoms with Crippen LogP contribution in [0.1, 0.15) is 58.3 Å². The molecule has 3 heteroatoms. The molecule has 0 amide bonds. The van der Waals surface area contributed by atoms with Crippen molar-refractivity contribution in [3.05, 3.63) is 24.3 Å². The molecule has 1 aliphatic rings. The summed E-state index contributed by atoms with van der Waals surface area (Å²) < 4.78 is 5.14. The summed E-state index contributed by atoms with van der Waals surface area (Å²) in [6, 6.07) is 0. The van der Waals surface area contributed by atoms with Gasteiger partial charge in [-0.15, -0.1) is 0 Å². The monoisotopic (exact) mass is 294 g/mol. The summed E-state index contributed by atoms with van der Waals surface area (Å²) in [6.07, 6.45) is 16.4. The maximum Gasteiger partial charge on any atom is 0.314 e. The van der Waals surface area contributed by atoms with Crippen LogP contribution < -0.4 is 0 Å². The highest BCUT2D eigenvalue weighted by atomic mass is 16.5. The van der Waals surface area contributed by atoms with Crippen molar-refractivity contribution in [1.82, 2.24) is 0 Å². The Hall–Kier alpha value is -1.09. The van der Waals surface area contributed by atoms with E-state index in [-0.39, 0.29) is 5.92 Å². The third kappa shape index (κ3) is 5.31. The number of aliphatic carboxylic acids is 1. The second-order valence-corrected chi connectivity index (χ2v) is 6.00. The summed E-state index contributed by atoms with van der Waals surface area (Å²) in [7, 11) is 1.67. The SMILES string of the molecule is CCCCCCCCC1(C(=O)O)C=CC=CC1CCOC. The molecule has 3 nitrogen and oxygen atoms in total. The van der Waals surface area contributed by atoms with Crippen LogP contribution in [0.15, 0.2) is 24.3 Å². The summed E-state index contributed by atoms with van der Waals surface area (Å²) in [5.74, 6) is -0.659. The minimum atomic E-state index is -0.738. The third-order valence-corrected chi connectivity index (χ3v) is 4.48. The van der Waals surface area contributed by atoms with E-state index in [1.54, 1.807) is 7.11 Å². The van der Waals surface area contributed by atoms with E-state index < -0.39 is 11.4 Å². The lowest BCUT2D eigenvalue weighted by atomic mass is 9.68. The number of hydrogen-bond acceptors (Lipinski definition) is 2. The third-order valence-electron chi connectivity index (χ3n) is 4.48. The van der Waals surface area contributed by atoms with Crippen LogP contribution in [0.5, 0.6) is 0 Å². The molecule has 0 fully saturated rings. The van der Waals surface area contributed by atoms with Gasteiger partial charge in [-0.25, -0.2) is 0 Å². The molecule has 0 saturated carbocycles. The summed E-state index contributed by atoms with van der Waals surface area (Å²) in [5.41, 5.74) is -0.738. The van der Waals surface area contributed by atoms with Crippen molar-refractivity contribution < 1.29 is 14.6 Å². The second kappa shape index (κ2) is 9.78. The first-order valence-electron chi connectivity index (χ1n) is 8.25. The molecule has 2 atom stereocenters. The van der Waals surface area contributed by atoms with E-state index in [1.165, 1.54) is 25.7 Å².